The number of hydrogen-bond acceptors (Lipinski definition) is 3. The van der Waals surface area contributed by atoms with Gasteiger partial charge < -0.3 is 4.57 Å². The zero-order valence-corrected chi connectivity index (χ0v) is 12.0. The summed E-state index contributed by atoms with van der Waals surface area (Å²) in [5, 5.41) is 0. The molecule has 1 atom stereocenters. The SMILES string of the molecule is O=C1CC(n2cnc3ccccc32)C(=O)N1c1ccc(F)cc1. The van der Waals surface area contributed by atoms with Crippen LogP contribution in [0.15, 0.2) is 54.9 Å². The summed E-state index contributed by atoms with van der Waals surface area (Å²) in [6.45, 7) is 0. The normalized spacial score (nSPS) is 18.1. The van der Waals surface area contributed by atoms with Gasteiger partial charge in [-0.05, 0) is 36.4 Å². The molecular weight excluding hydrogens is 297 g/mol. The largest absolute Gasteiger partial charge is 0.317 e. The van der Waals surface area contributed by atoms with E-state index >= 15 is 0 Å². The Balaban J connectivity index is 1.74. The number of anilines is 1. The van der Waals surface area contributed by atoms with Crippen LogP contribution in [0.1, 0.15) is 12.5 Å². The topological polar surface area (TPSA) is 55.2 Å². The van der Waals surface area contributed by atoms with Crippen LogP contribution in [-0.4, -0.2) is 21.4 Å². The smallest absolute Gasteiger partial charge is 0.257 e. The van der Waals surface area contributed by atoms with Gasteiger partial charge in [0.1, 0.15) is 11.9 Å². The molecule has 2 heterocycles. The van der Waals surface area contributed by atoms with E-state index in [1.54, 1.807) is 10.9 Å². The summed E-state index contributed by atoms with van der Waals surface area (Å²) >= 11 is 0. The van der Waals surface area contributed by atoms with Crippen molar-refractivity contribution >= 4 is 28.5 Å². The first kappa shape index (κ1) is 13.6. The van der Waals surface area contributed by atoms with Gasteiger partial charge in [-0.15, -0.1) is 0 Å². The molecule has 1 fully saturated rings. The van der Waals surface area contributed by atoms with E-state index in [9.17, 15) is 14.0 Å². The molecule has 0 bridgehead atoms. The molecule has 5 nitrogen and oxygen atoms in total. The van der Waals surface area contributed by atoms with Crippen LogP contribution in [-0.2, 0) is 9.59 Å². The molecule has 2 aromatic carbocycles. The number of carbonyl (C=O) groups is 2. The van der Waals surface area contributed by atoms with Gasteiger partial charge in [0, 0.05) is 0 Å². The third kappa shape index (κ3) is 2.11. The number of para-hydroxylation sites is 2. The van der Waals surface area contributed by atoms with Crippen molar-refractivity contribution in [2.24, 2.45) is 0 Å². The number of imide groups is 1. The standard InChI is InChI=1S/C17H12FN3O2/c18-11-5-7-12(8-6-11)21-16(22)9-15(17(21)23)20-10-19-13-3-1-2-4-14(13)20/h1-8,10,15H,9H2. The van der Waals surface area contributed by atoms with E-state index < -0.39 is 11.9 Å². The van der Waals surface area contributed by atoms with Crippen LogP contribution in [0.3, 0.4) is 0 Å². The minimum absolute atomic E-state index is 0.0660. The van der Waals surface area contributed by atoms with E-state index in [-0.39, 0.29) is 18.2 Å². The number of fused-ring (bicyclic) bond motifs is 1. The quantitative estimate of drug-likeness (QED) is 0.684. The van der Waals surface area contributed by atoms with Crippen LogP contribution >= 0.6 is 0 Å². The maximum atomic E-state index is 13.0. The van der Waals surface area contributed by atoms with Gasteiger partial charge >= 0.3 is 0 Å². The van der Waals surface area contributed by atoms with Crippen LogP contribution in [0, 0.1) is 5.82 Å². The molecule has 1 aliphatic rings. The van der Waals surface area contributed by atoms with Crippen LogP contribution in [0.4, 0.5) is 10.1 Å². The molecule has 2 amide bonds. The summed E-state index contributed by atoms with van der Waals surface area (Å²) in [5.74, 6) is -1.04. The van der Waals surface area contributed by atoms with Crippen molar-refractivity contribution in [3.63, 3.8) is 0 Å². The molecular formula is C17H12FN3O2. The number of amides is 2. The lowest BCUT2D eigenvalue weighted by atomic mass is 10.2. The molecule has 0 saturated carbocycles. The Labute approximate surface area is 131 Å². The highest BCUT2D eigenvalue weighted by Crippen LogP contribution is 2.31. The molecule has 6 heteroatoms. The summed E-state index contributed by atoms with van der Waals surface area (Å²) in [6.07, 6.45) is 1.64. The second-order valence-electron chi connectivity index (χ2n) is 5.40. The number of halogens is 1. The lowest BCUT2D eigenvalue weighted by molar-refractivity contribution is -0.122. The Morgan fingerprint density at radius 2 is 1.78 bits per heavy atom. The third-order valence-electron chi connectivity index (χ3n) is 4.02. The summed E-state index contributed by atoms with van der Waals surface area (Å²) < 4.78 is 14.8. The minimum Gasteiger partial charge on any atom is -0.317 e. The zero-order valence-electron chi connectivity index (χ0n) is 12.0. The summed E-state index contributed by atoms with van der Waals surface area (Å²) in [4.78, 5) is 30.4. The van der Waals surface area contributed by atoms with E-state index in [1.807, 2.05) is 24.3 Å². The van der Waals surface area contributed by atoms with Crippen molar-refractivity contribution in [2.75, 3.05) is 4.90 Å². The first-order chi connectivity index (χ1) is 11.1. The molecule has 1 aromatic heterocycles. The van der Waals surface area contributed by atoms with Gasteiger partial charge in [-0.25, -0.2) is 14.3 Å². The summed E-state index contributed by atoms with van der Waals surface area (Å²) in [6, 6.07) is 12.1. The van der Waals surface area contributed by atoms with Crippen molar-refractivity contribution in [2.45, 2.75) is 12.5 Å². The molecule has 3 aromatic rings. The summed E-state index contributed by atoms with van der Waals surface area (Å²) in [5.41, 5.74) is 1.96. The predicted octanol–water partition coefficient (Wildman–Crippen LogP) is 2.68. The second-order valence-corrected chi connectivity index (χ2v) is 5.40. The van der Waals surface area contributed by atoms with Gasteiger partial charge in [0.15, 0.2) is 0 Å². The Morgan fingerprint density at radius 1 is 1.04 bits per heavy atom. The molecule has 4 rings (SSSR count). The number of hydrogen-bond donors (Lipinski definition) is 0. The minimum atomic E-state index is -0.625. The lowest BCUT2D eigenvalue weighted by Gasteiger charge is -2.15. The summed E-state index contributed by atoms with van der Waals surface area (Å²) in [7, 11) is 0. The van der Waals surface area contributed by atoms with E-state index in [0.717, 1.165) is 15.9 Å². The molecule has 1 aliphatic heterocycles. The maximum absolute atomic E-state index is 13.0. The second kappa shape index (κ2) is 5.01. The molecule has 23 heavy (non-hydrogen) atoms. The van der Waals surface area contributed by atoms with E-state index in [2.05, 4.69) is 4.98 Å². The number of benzene rings is 2. The Hall–Kier alpha value is -3.02. The highest BCUT2D eigenvalue weighted by atomic mass is 19.1. The van der Waals surface area contributed by atoms with Crippen molar-refractivity contribution in [3.05, 3.63) is 60.7 Å². The number of aromatic nitrogens is 2. The zero-order chi connectivity index (χ0) is 16.0. The van der Waals surface area contributed by atoms with Crippen molar-refractivity contribution in [1.82, 2.24) is 9.55 Å². The van der Waals surface area contributed by atoms with E-state index in [1.165, 1.54) is 24.3 Å². The van der Waals surface area contributed by atoms with Gasteiger partial charge in [0.05, 0.1) is 29.5 Å². The first-order valence-corrected chi connectivity index (χ1v) is 7.19. The molecule has 0 radical (unpaired) electrons. The van der Waals surface area contributed by atoms with Gasteiger partial charge in [0.25, 0.3) is 5.91 Å². The Kier molecular flexibility index (Phi) is 2.97. The fourth-order valence-corrected chi connectivity index (χ4v) is 2.92. The highest BCUT2D eigenvalue weighted by Gasteiger charge is 2.41. The van der Waals surface area contributed by atoms with E-state index in [4.69, 9.17) is 0 Å². The van der Waals surface area contributed by atoms with Crippen LogP contribution in [0.2, 0.25) is 0 Å². The molecule has 0 aliphatic carbocycles. The van der Waals surface area contributed by atoms with Crippen LogP contribution < -0.4 is 4.90 Å². The highest BCUT2D eigenvalue weighted by molar-refractivity contribution is 6.21. The van der Waals surface area contributed by atoms with Crippen LogP contribution in [0.25, 0.3) is 11.0 Å². The van der Waals surface area contributed by atoms with Crippen molar-refractivity contribution in [3.8, 4) is 0 Å². The van der Waals surface area contributed by atoms with Gasteiger partial charge in [-0.3, -0.25) is 9.59 Å². The molecule has 0 N–H and O–H groups in total. The van der Waals surface area contributed by atoms with Gasteiger partial charge in [-0.2, -0.15) is 0 Å². The van der Waals surface area contributed by atoms with Gasteiger partial charge in [0.2, 0.25) is 5.91 Å². The molecule has 114 valence electrons. The number of imidazole rings is 1. The van der Waals surface area contributed by atoms with Crippen molar-refractivity contribution in [1.29, 1.82) is 0 Å². The fourth-order valence-electron chi connectivity index (χ4n) is 2.92. The monoisotopic (exact) mass is 309 g/mol. The van der Waals surface area contributed by atoms with Gasteiger partial charge in [-0.1, -0.05) is 12.1 Å². The molecule has 0 spiro atoms. The molecule has 1 unspecified atom stereocenters. The number of carbonyl (C=O) groups excluding carboxylic acids is 2. The number of rotatable bonds is 2. The fraction of sp³-hybridized carbons (Fsp3) is 0.118. The predicted molar refractivity (Wildman–Crippen MR) is 82.3 cm³/mol. The molecule has 1 saturated heterocycles. The van der Waals surface area contributed by atoms with Crippen molar-refractivity contribution < 1.29 is 14.0 Å². The Bertz CT molecular complexity index is 917. The number of nitrogens with zero attached hydrogens (tertiary/aromatic N) is 3. The average Bonchev–Trinajstić information content (AvgIpc) is 3.10. The average molecular weight is 309 g/mol. The lowest BCUT2D eigenvalue weighted by Crippen LogP contribution is -2.31. The maximum Gasteiger partial charge on any atom is 0.257 e. The first-order valence-electron chi connectivity index (χ1n) is 7.19. The third-order valence-corrected chi connectivity index (χ3v) is 4.02. The van der Waals surface area contributed by atoms with Crippen LogP contribution in [0.5, 0.6) is 0 Å². The Morgan fingerprint density at radius 3 is 2.57 bits per heavy atom. The van der Waals surface area contributed by atoms with E-state index in [0.29, 0.717) is 5.69 Å².